The summed E-state index contributed by atoms with van der Waals surface area (Å²) in [6.45, 7) is 6.21. The summed E-state index contributed by atoms with van der Waals surface area (Å²) in [4.78, 5) is 4.36. The van der Waals surface area contributed by atoms with Crippen molar-refractivity contribution in [3.05, 3.63) is 64.8 Å². The van der Waals surface area contributed by atoms with Gasteiger partial charge in [0.2, 0.25) is 0 Å². The van der Waals surface area contributed by atoms with E-state index in [1.54, 1.807) is 6.20 Å². The van der Waals surface area contributed by atoms with Gasteiger partial charge in [0.1, 0.15) is 6.07 Å². The van der Waals surface area contributed by atoms with Crippen molar-refractivity contribution in [2.24, 2.45) is 0 Å². The van der Waals surface area contributed by atoms with Gasteiger partial charge in [-0.25, -0.2) is 0 Å². The summed E-state index contributed by atoms with van der Waals surface area (Å²) in [6, 6.07) is 14.5. The number of nitrogens with zero attached hydrogens (tertiary/aromatic N) is 2. The van der Waals surface area contributed by atoms with E-state index >= 15 is 0 Å². The third-order valence-electron chi connectivity index (χ3n) is 3.92. The van der Waals surface area contributed by atoms with Crippen molar-refractivity contribution in [3.63, 3.8) is 0 Å². The van der Waals surface area contributed by atoms with E-state index in [0.717, 1.165) is 27.8 Å². The molecule has 3 aromatic rings. The molecule has 3 rings (SSSR count). The van der Waals surface area contributed by atoms with Crippen molar-refractivity contribution in [2.75, 3.05) is 5.32 Å². The first-order valence-corrected chi connectivity index (χ1v) is 7.22. The van der Waals surface area contributed by atoms with Crippen LogP contribution in [0.5, 0.6) is 0 Å². The monoisotopic (exact) mass is 287 g/mol. The normalized spacial score (nSPS) is 10.5. The van der Waals surface area contributed by atoms with Crippen LogP contribution in [0.1, 0.15) is 22.3 Å². The summed E-state index contributed by atoms with van der Waals surface area (Å²) in [7, 11) is 0. The summed E-state index contributed by atoms with van der Waals surface area (Å²) in [6.07, 6.45) is 1.63. The largest absolute Gasteiger partial charge is 0.354 e. The van der Waals surface area contributed by atoms with Crippen molar-refractivity contribution in [1.29, 1.82) is 5.26 Å². The molecule has 2 aromatic carbocycles. The molecule has 0 unspecified atom stereocenters. The van der Waals surface area contributed by atoms with Crippen LogP contribution in [0.25, 0.3) is 10.9 Å². The molecule has 1 heterocycles. The molecule has 3 heteroatoms. The van der Waals surface area contributed by atoms with Crippen molar-refractivity contribution in [3.8, 4) is 6.07 Å². The molecule has 1 N–H and O–H groups in total. The topological polar surface area (TPSA) is 48.7 Å². The Kier molecular flexibility index (Phi) is 3.52. The summed E-state index contributed by atoms with van der Waals surface area (Å²) < 4.78 is 0. The lowest BCUT2D eigenvalue weighted by molar-refractivity contribution is 1.33. The van der Waals surface area contributed by atoms with Crippen LogP contribution >= 0.6 is 0 Å². The lowest BCUT2D eigenvalue weighted by Crippen LogP contribution is -1.98. The molecule has 0 aliphatic rings. The van der Waals surface area contributed by atoms with Gasteiger partial charge in [-0.3, -0.25) is 4.98 Å². The van der Waals surface area contributed by atoms with Gasteiger partial charge in [0.25, 0.3) is 0 Å². The van der Waals surface area contributed by atoms with E-state index in [-0.39, 0.29) is 0 Å². The Morgan fingerprint density at radius 2 is 1.82 bits per heavy atom. The molecule has 0 saturated heterocycles. The molecule has 0 fully saturated rings. The Hall–Kier alpha value is -2.86. The van der Waals surface area contributed by atoms with Gasteiger partial charge in [0.15, 0.2) is 0 Å². The minimum Gasteiger partial charge on any atom is -0.354 e. The average molecular weight is 287 g/mol. The van der Waals surface area contributed by atoms with Crippen molar-refractivity contribution >= 4 is 22.3 Å². The Morgan fingerprint density at radius 3 is 2.55 bits per heavy atom. The van der Waals surface area contributed by atoms with Crippen LogP contribution in [0.3, 0.4) is 0 Å². The molecular weight excluding hydrogens is 270 g/mol. The fraction of sp³-hybridized carbons (Fsp3) is 0.158. The third kappa shape index (κ3) is 2.51. The summed E-state index contributed by atoms with van der Waals surface area (Å²) in [5.74, 6) is 0. The maximum atomic E-state index is 9.39. The first kappa shape index (κ1) is 14.1. The van der Waals surface area contributed by atoms with Crippen LogP contribution in [0.15, 0.2) is 42.6 Å². The fourth-order valence-corrected chi connectivity index (χ4v) is 2.49. The molecule has 108 valence electrons. The Bertz CT molecular complexity index is 904. The van der Waals surface area contributed by atoms with Crippen molar-refractivity contribution < 1.29 is 0 Å². The second-order valence-electron chi connectivity index (χ2n) is 5.60. The number of aromatic nitrogens is 1. The molecule has 0 atom stereocenters. The predicted molar refractivity (Wildman–Crippen MR) is 90.4 cm³/mol. The highest BCUT2D eigenvalue weighted by molar-refractivity contribution is 5.96. The first-order chi connectivity index (χ1) is 10.6. The first-order valence-electron chi connectivity index (χ1n) is 7.22. The number of hydrogen-bond acceptors (Lipinski definition) is 3. The SMILES string of the molecule is Cc1ccc2ncc(C#N)c(Nc3ccc(C)c(C)c3)c2c1. The molecule has 0 radical (unpaired) electrons. The summed E-state index contributed by atoms with van der Waals surface area (Å²) in [5, 5.41) is 13.8. The standard InChI is InChI=1S/C19H17N3/c1-12-4-7-18-17(8-12)19(15(10-20)11-21-18)22-16-6-5-13(2)14(3)9-16/h4-9,11H,1-3H3,(H,21,22). The maximum absolute atomic E-state index is 9.39. The minimum atomic E-state index is 0.552. The molecule has 1 aromatic heterocycles. The zero-order valence-corrected chi connectivity index (χ0v) is 12.9. The molecule has 0 saturated carbocycles. The number of aryl methyl sites for hydroxylation is 3. The number of benzene rings is 2. The van der Waals surface area contributed by atoms with E-state index in [2.05, 4.69) is 48.4 Å². The Balaban J connectivity index is 2.17. The molecule has 0 aliphatic heterocycles. The Morgan fingerprint density at radius 1 is 1.00 bits per heavy atom. The van der Waals surface area contributed by atoms with E-state index in [1.807, 2.05) is 25.1 Å². The van der Waals surface area contributed by atoms with Gasteiger partial charge in [-0.2, -0.15) is 5.26 Å². The highest BCUT2D eigenvalue weighted by atomic mass is 14.9. The van der Waals surface area contributed by atoms with Crippen molar-refractivity contribution in [2.45, 2.75) is 20.8 Å². The van der Waals surface area contributed by atoms with Crippen molar-refractivity contribution in [1.82, 2.24) is 4.98 Å². The van der Waals surface area contributed by atoms with E-state index in [0.29, 0.717) is 5.56 Å². The van der Waals surface area contributed by atoms with E-state index in [4.69, 9.17) is 0 Å². The van der Waals surface area contributed by atoms with Crippen LogP contribution in [-0.2, 0) is 0 Å². The zero-order chi connectivity index (χ0) is 15.7. The fourth-order valence-electron chi connectivity index (χ4n) is 2.49. The van der Waals surface area contributed by atoms with E-state index in [9.17, 15) is 5.26 Å². The third-order valence-corrected chi connectivity index (χ3v) is 3.92. The number of pyridine rings is 1. The van der Waals surface area contributed by atoms with Gasteiger partial charge in [-0.05, 0) is 56.2 Å². The van der Waals surface area contributed by atoms with Crippen LogP contribution < -0.4 is 5.32 Å². The van der Waals surface area contributed by atoms with Crippen LogP contribution in [-0.4, -0.2) is 4.98 Å². The quantitative estimate of drug-likeness (QED) is 0.738. The highest BCUT2D eigenvalue weighted by Crippen LogP contribution is 2.30. The van der Waals surface area contributed by atoms with Gasteiger partial charge in [-0.15, -0.1) is 0 Å². The second-order valence-corrected chi connectivity index (χ2v) is 5.60. The molecule has 0 amide bonds. The van der Waals surface area contributed by atoms with Gasteiger partial charge < -0.3 is 5.32 Å². The van der Waals surface area contributed by atoms with E-state index < -0.39 is 0 Å². The maximum Gasteiger partial charge on any atom is 0.103 e. The summed E-state index contributed by atoms with van der Waals surface area (Å²) >= 11 is 0. The summed E-state index contributed by atoms with van der Waals surface area (Å²) in [5.41, 5.74) is 6.85. The van der Waals surface area contributed by atoms with Gasteiger partial charge in [0.05, 0.1) is 16.8 Å². The molecular formula is C19H17N3. The predicted octanol–water partition coefficient (Wildman–Crippen LogP) is 4.78. The number of rotatable bonds is 2. The number of nitrogens with one attached hydrogen (secondary N) is 1. The molecule has 0 spiro atoms. The Labute approximate surface area is 130 Å². The van der Waals surface area contributed by atoms with Crippen LogP contribution in [0, 0.1) is 32.1 Å². The van der Waals surface area contributed by atoms with E-state index in [1.165, 1.54) is 11.1 Å². The molecule has 3 nitrogen and oxygen atoms in total. The highest BCUT2D eigenvalue weighted by Gasteiger charge is 2.10. The smallest absolute Gasteiger partial charge is 0.103 e. The van der Waals surface area contributed by atoms with Gasteiger partial charge in [-0.1, -0.05) is 17.7 Å². The van der Waals surface area contributed by atoms with Gasteiger partial charge in [0, 0.05) is 17.3 Å². The average Bonchev–Trinajstić information content (AvgIpc) is 2.51. The molecule has 0 bridgehead atoms. The number of hydrogen-bond donors (Lipinski definition) is 1. The zero-order valence-electron chi connectivity index (χ0n) is 12.9. The van der Waals surface area contributed by atoms with Crippen LogP contribution in [0.2, 0.25) is 0 Å². The second kappa shape index (κ2) is 5.50. The minimum absolute atomic E-state index is 0.552. The lowest BCUT2D eigenvalue weighted by atomic mass is 10.1. The van der Waals surface area contributed by atoms with Crippen LogP contribution in [0.4, 0.5) is 11.4 Å². The molecule has 0 aliphatic carbocycles. The lowest BCUT2D eigenvalue weighted by Gasteiger charge is -2.13. The molecule has 22 heavy (non-hydrogen) atoms. The number of nitriles is 1. The number of anilines is 2. The van der Waals surface area contributed by atoms with Gasteiger partial charge >= 0.3 is 0 Å². The number of fused-ring (bicyclic) bond motifs is 1.